The van der Waals surface area contributed by atoms with E-state index in [9.17, 15) is 0 Å². The van der Waals surface area contributed by atoms with E-state index in [1.807, 2.05) is 0 Å². The molecule has 0 aromatic carbocycles. The summed E-state index contributed by atoms with van der Waals surface area (Å²) in [5, 5.41) is 3.80. The molecule has 1 heterocycles. The average molecular weight is 284 g/mol. The fourth-order valence-electron chi connectivity index (χ4n) is 2.88. The molecule has 1 aliphatic rings. The Labute approximate surface area is 126 Å². The van der Waals surface area contributed by atoms with Crippen LogP contribution in [0.15, 0.2) is 0 Å². The normalized spacial score (nSPS) is 16.9. The molecule has 1 N–H and O–H groups in total. The SMILES string of the molecule is CCCCCC(CCCCC)NCCN1CCOCC1. The van der Waals surface area contributed by atoms with E-state index in [-0.39, 0.29) is 0 Å². The molecule has 1 fully saturated rings. The third-order valence-electron chi connectivity index (χ3n) is 4.28. The van der Waals surface area contributed by atoms with Crippen LogP contribution in [-0.4, -0.2) is 50.3 Å². The summed E-state index contributed by atoms with van der Waals surface area (Å²) in [7, 11) is 0. The van der Waals surface area contributed by atoms with Crippen LogP contribution >= 0.6 is 0 Å². The lowest BCUT2D eigenvalue weighted by Crippen LogP contribution is -2.42. The fraction of sp³-hybridized carbons (Fsp3) is 1.00. The lowest BCUT2D eigenvalue weighted by Gasteiger charge is -2.27. The first-order valence-corrected chi connectivity index (χ1v) is 8.90. The van der Waals surface area contributed by atoms with Crippen LogP contribution in [0.4, 0.5) is 0 Å². The zero-order valence-electron chi connectivity index (χ0n) is 13.8. The van der Waals surface area contributed by atoms with Gasteiger partial charge in [0.2, 0.25) is 0 Å². The maximum Gasteiger partial charge on any atom is 0.0594 e. The molecule has 0 radical (unpaired) electrons. The molecule has 0 aromatic heterocycles. The Bertz CT molecular complexity index is 195. The van der Waals surface area contributed by atoms with Gasteiger partial charge in [0.25, 0.3) is 0 Å². The van der Waals surface area contributed by atoms with Gasteiger partial charge in [0, 0.05) is 32.2 Å². The Kier molecular flexibility index (Phi) is 11.3. The van der Waals surface area contributed by atoms with Gasteiger partial charge in [0.05, 0.1) is 13.2 Å². The van der Waals surface area contributed by atoms with Crippen LogP contribution < -0.4 is 5.32 Å². The van der Waals surface area contributed by atoms with Crippen molar-refractivity contribution in [3.05, 3.63) is 0 Å². The van der Waals surface area contributed by atoms with Gasteiger partial charge in [-0.2, -0.15) is 0 Å². The molecule has 1 saturated heterocycles. The van der Waals surface area contributed by atoms with Crippen LogP contribution in [0, 0.1) is 0 Å². The minimum absolute atomic E-state index is 0.745. The van der Waals surface area contributed by atoms with Gasteiger partial charge < -0.3 is 10.1 Å². The number of unbranched alkanes of at least 4 members (excludes halogenated alkanes) is 4. The molecule has 0 aliphatic carbocycles. The van der Waals surface area contributed by atoms with Crippen LogP contribution in [0.3, 0.4) is 0 Å². The lowest BCUT2D eigenvalue weighted by molar-refractivity contribution is 0.0380. The largest absolute Gasteiger partial charge is 0.379 e. The van der Waals surface area contributed by atoms with Crippen LogP contribution in [0.2, 0.25) is 0 Å². The predicted octanol–water partition coefficient (Wildman–Crippen LogP) is 3.44. The Morgan fingerprint density at radius 3 is 2.10 bits per heavy atom. The molecule has 0 bridgehead atoms. The van der Waals surface area contributed by atoms with E-state index in [1.165, 1.54) is 57.9 Å². The zero-order valence-corrected chi connectivity index (χ0v) is 13.8. The third kappa shape index (κ3) is 8.93. The van der Waals surface area contributed by atoms with Gasteiger partial charge in [-0.25, -0.2) is 0 Å². The second-order valence-corrected chi connectivity index (χ2v) is 6.10. The first kappa shape index (κ1) is 17.9. The summed E-state index contributed by atoms with van der Waals surface area (Å²) in [4.78, 5) is 2.52. The number of hydrogen-bond acceptors (Lipinski definition) is 3. The van der Waals surface area contributed by atoms with Gasteiger partial charge in [0.15, 0.2) is 0 Å². The Morgan fingerprint density at radius 2 is 1.55 bits per heavy atom. The minimum atomic E-state index is 0.745. The van der Waals surface area contributed by atoms with E-state index in [0.717, 1.165) is 38.9 Å². The van der Waals surface area contributed by atoms with E-state index in [4.69, 9.17) is 4.74 Å². The highest BCUT2D eigenvalue weighted by atomic mass is 16.5. The Hall–Kier alpha value is -0.120. The van der Waals surface area contributed by atoms with Crippen LogP contribution in [0.1, 0.15) is 65.2 Å². The van der Waals surface area contributed by atoms with Crippen molar-refractivity contribution in [3.63, 3.8) is 0 Å². The molecule has 0 unspecified atom stereocenters. The molecule has 0 saturated carbocycles. The molecule has 120 valence electrons. The molecule has 0 amide bonds. The van der Waals surface area contributed by atoms with Gasteiger partial charge in [-0.1, -0.05) is 52.4 Å². The average Bonchev–Trinajstić information content (AvgIpc) is 2.48. The predicted molar refractivity (Wildman–Crippen MR) is 87.3 cm³/mol. The van der Waals surface area contributed by atoms with Gasteiger partial charge in [-0.3, -0.25) is 4.90 Å². The lowest BCUT2D eigenvalue weighted by atomic mass is 10.0. The maximum atomic E-state index is 5.40. The van der Waals surface area contributed by atoms with Gasteiger partial charge in [-0.15, -0.1) is 0 Å². The van der Waals surface area contributed by atoms with Crippen molar-refractivity contribution in [1.82, 2.24) is 10.2 Å². The standard InChI is InChI=1S/C17H36N2O/c1-3-5-7-9-17(10-8-6-4-2)18-11-12-19-13-15-20-16-14-19/h17-18H,3-16H2,1-2H3. The van der Waals surface area contributed by atoms with E-state index in [2.05, 4.69) is 24.1 Å². The second kappa shape index (κ2) is 12.6. The van der Waals surface area contributed by atoms with E-state index in [1.54, 1.807) is 0 Å². The van der Waals surface area contributed by atoms with E-state index < -0.39 is 0 Å². The topological polar surface area (TPSA) is 24.5 Å². The molecular weight excluding hydrogens is 248 g/mol. The van der Waals surface area contributed by atoms with E-state index >= 15 is 0 Å². The molecule has 3 heteroatoms. The van der Waals surface area contributed by atoms with Gasteiger partial charge >= 0.3 is 0 Å². The van der Waals surface area contributed by atoms with Crippen molar-refractivity contribution >= 4 is 0 Å². The van der Waals surface area contributed by atoms with Crippen molar-refractivity contribution in [3.8, 4) is 0 Å². The second-order valence-electron chi connectivity index (χ2n) is 6.10. The minimum Gasteiger partial charge on any atom is -0.379 e. The first-order valence-electron chi connectivity index (χ1n) is 8.90. The van der Waals surface area contributed by atoms with Crippen LogP contribution in [-0.2, 0) is 4.74 Å². The van der Waals surface area contributed by atoms with Crippen molar-refractivity contribution in [2.75, 3.05) is 39.4 Å². The quantitative estimate of drug-likeness (QED) is 0.556. The number of ether oxygens (including phenoxy) is 1. The highest BCUT2D eigenvalue weighted by Gasteiger charge is 2.11. The maximum absolute atomic E-state index is 5.40. The molecule has 0 spiro atoms. The van der Waals surface area contributed by atoms with Gasteiger partial charge in [0.1, 0.15) is 0 Å². The monoisotopic (exact) mass is 284 g/mol. The van der Waals surface area contributed by atoms with Crippen molar-refractivity contribution in [2.24, 2.45) is 0 Å². The van der Waals surface area contributed by atoms with Gasteiger partial charge in [-0.05, 0) is 12.8 Å². The number of rotatable bonds is 12. The van der Waals surface area contributed by atoms with Crippen molar-refractivity contribution in [1.29, 1.82) is 0 Å². The summed E-state index contributed by atoms with van der Waals surface area (Å²) in [5.41, 5.74) is 0. The Morgan fingerprint density at radius 1 is 0.950 bits per heavy atom. The highest BCUT2D eigenvalue weighted by molar-refractivity contribution is 4.70. The van der Waals surface area contributed by atoms with Crippen LogP contribution in [0.25, 0.3) is 0 Å². The van der Waals surface area contributed by atoms with E-state index in [0.29, 0.717) is 0 Å². The summed E-state index contributed by atoms with van der Waals surface area (Å²) in [5.74, 6) is 0. The summed E-state index contributed by atoms with van der Waals surface area (Å²) in [6.45, 7) is 10.9. The zero-order chi connectivity index (χ0) is 14.5. The molecule has 1 rings (SSSR count). The Balaban J connectivity index is 2.12. The molecule has 0 atom stereocenters. The number of nitrogens with one attached hydrogen (secondary N) is 1. The van der Waals surface area contributed by atoms with Crippen molar-refractivity contribution < 1.29 is 4.74 Å². The number of morpholine rings is 1. The van der Waals surface area contributed by atoms with Crippen LogP contribution in [0.5, 0.6) is 0 Å². The molecule has 1 aliphatic heterocycles. The highest BCUT2D eigenvalue weighted by Crippen LogP contribution is 2.11. The first-order chi connectivity index (χ1) is 9.86. The number of nitrogens with zero attached hydrogens (tertiary/aromatic N) is 1. The molecule has 0 aromatic rings. The fourth-order valence-corrected chi connectivity index (χ4v) is 2.88. The van der Waals surface area contributed by atoms with Crippen molar-refractivity contribution in [2.45, 2.75) is 71.3 Å². The summed E-state index contributed by atoms with van der Waals surface area (Å²) in [6.07, 6.45) is 10.9. The molecule has 3 nitrogen and oxygen atoms in total. The smallest absolute Gasteiger partial charge is 0.0594 e. The molecular formula is C17H36N2O. The summed E-state index contributed by atoms with van der Waals surface area (Å²) < 4.78 is 5.40. The summed E-state index contributed by atoms with van der Waals surface area (Å²) >= 11 is 0. The number of hydrogen-bond donors (Lipinski definition) is 1. The molecule has 20 heavy (non-hydrogen) atoms. The summed E-state index contributed by atoms with van der Waals surface area (Å²) in [6, 6.07) is 0.745. The third-order valence-corrected chi connectivity index (χ3v) is 4.28.